The van der Waals surface area contributed by atoms with Crippen molar-refractivity contribution in [2.45, 2.75) is 13.8 Å². The lowest BCUT2D eigenvalue weighted by atomic mass is 10.1. The second-order valence-electron chi connectivity index (χ2n) is 6.75. The number of halogens is 1. The standard InChI is InChI=1S/C24H21ClN2O4/c1-16-4-3-5-22(17(16)2)30-15-23(28)27-26-14-18-6-12-21(13-7-18)31-24(29)19-8-10-20(25)11-9-19/h3-14H,15H2,1-2H3,(H,27,28)/b26-14+. The zero-order valence-corrected chi connectivity index (χ0v) is 17.8. The van der Waals surface area contributed by atoms with E-state index in [1.54, 1.807) is 48.5 Å². The van der Waals surface area contributed by atoms with E-state index in [4.69, 9.17) is 21.1 Å². The first-order chi connectivity index (χ1) is 14.9. The Morgan fingerprint density at radius 3 is 2.42 bits per heavy atom. The number of ether oxygens (including phenoxy) is 2. The number of amides is 1. The van der Waals surface area contributed by atoms with E-state index >= 15 is 0 Å². The second-order valence-corrected chi connectivity index (χ2v) is 7.18. The van der Waals surface area contributed by atoms with E-state index in [9.17, 15) is 9.59 Å². The highest BCUT2D eigenvalue weighted by atomic mass is 35.5. The fraction of sp³-hybridized carbons (Fsp3) is 0.125. The molecule has 1 amide bonds. The summed E-state index contributed by atoms with van der Waals surface area (Å²) in [4.78, 5) is 24.0. The van der Waals surface area contributed by atoms with Crippen LogP contribution in [0.3, 0.4) is 0 Å². The number of carbonyl (C=O) groups is 2. The highest BCUT2D eigenvalue weighted by Gasteiger charge is 2.08. The monoisotopic (exact) mass is 436 g/mol. The molecule has 3 rings (SSSR count). The quantitative estimate of drug-likeness (QED) is 0.252. The summed E-state index contributed by atoms with van der Waals surface area (Å²) in [6.45, 7) is 3.79. The van der Waals surface area contributed by atoms with Crippen LogP contribution >= 0.6 is 11.6 Å². The number of nitrogens with one attached hydrogen (secondary N) is 1. The maximum atomic E-state index is 12.1. The van der Waals surface area contributed by atoms with Gasteiger partial charge >= 0.3 is 5.97 Å². The molecule has 0 bridgehead atoms. The zero-order valence-electron chi connectivity index (χ0n) is 17.1. The number of benzene rings is 3. The van der Waals surface area contributed by atoms with Crippen molar-refractivity contribution in [3.05, 3.63) is 94.0 Å². The topological polar surface area (TPSA) is 77.0 Å². The molecule has 0 saturated heterocycles. The molecule has 0 spiro atoms. The van der Waals surface area contributed by atoms with E-state index in [1.807, 2.05) is 32.0 Å². The molecule has 6 nitrogen and oxygen atoms in total. The van der Waals surface area contributed by atoms with Crippen LogP contribution in [-0.2, 0) is 4.79 Å². The van der Waals surface area contributed by atoms with Gasteiger partial charge in [-0.1, -0.05) is 23.7 Å². The van der Waals surface area contributed by atoms with Gasteiger partial charge in [-0.25, -0.2) is 10.2 Å². The molecular formula is C24H21ClN2O4. The molecule has 0 radical (unpaired) electrons. The van der Waals surface area contributed by atoms with Crippen molar-refractivity contribution >= 4 is 29.7 Å². The summed E-state index contributed by atoms with van der Waals surface area (Å²) in [5.41, 5.74) is 5.64. The third kappa shape index (κ3) is 6.42. The van der Waals surface area contributed by atoms with Crippen LogP contribution in [0.1, 0.15) is 27.0 Å². The van der Waals surface area contributed by atoms with Crippen molar-refractivity contribution in [1.82, 2.24) is 5.43 Å². The Hall–Kier alpha value is -3.64. The summed E-state index contributed by atoms with van der Waals surface area (Å²) in [6.07, 6.45) is 1.49. The maximum Gasteiger partial charge on any atom is 0.343 e. The molecule has 0 aliphatic rings. The number of hydrogen-bond donors (Lipinski definition) is 1. The van der Waals surface area contributed by atoms with Crippen molar-refractivity contribution in [3.8, 4) is 11.5 Å². The van der Waals surface area contributed by atoms with Gasteiger partial charge < -0.3 is 9.47 Å². The molecule has 7 heteroatoms. The van der Waals surface area contributed by atoms with E-state index < -0.39 is 5.97 Å². The van der Waals surface area contributed by atoms with Gasteiger partial charge in [0, 0.05) is 5.02 Å². The Bertz CT molecular complexity index is 1090. The van der Waals surface area contributed by atoms with Gasteiger partial charge in [-0.05, 0) is 85.1 Å². The lowest BCUT2D eigenvalue weighted by Crippen LogP contribution is -2.24. The Balaban J connectivity index is 1.47. The molecule has 3 aromatic rings. The van der Waals surface area contributed by atoms with Crippen LogP contribution in [0.2, 0.25) is 5.02 Å². The second kappa shape index (κ2) is 10.4. The number of hydrazone groups is 1. The SMILES string of the molecule is Cc1cccc(OCC(=O)N/N=C/c2ccc(OC(=O)c3ccc(Cl)cc3)cc2)c1C. The third-order valence-electron chi connectivity index (χ3n) is 4.49. The Morgan fingerprint density at radius 1 is 1.00 bits per heavy atom. The molecule has 0 aliphatic heterocycles. The highest BCUT2D eigenvalue weighted by molar-refractivity contribution is 6.30. The first-order valence-corrected chi connectivity index (χ1v) is 9.89. The molecule has 158 valence electrons. The van der Waals surface area contributed by atoms with Crippen LogP contribution < -0.4 is 14.9 Å². The fourth-order valence-corrected chi connectivity index (χ4v) is 2.73. The van der Waals surface area contributed by atoms with Crippen molar-refractivity contribution < 1.29 is 19.1 Å². The van der Waals surface area contributed by atoms with E-state index in [0.717, 1.165) is 16.7 Å². The summed E-state index contributed by atoms with van der Waals surface area (Å²) < 4.78 is 10.9. The van der Waals surface area contributed by atoms with Gasteiger partial charge in [0.05, 0.1) is 11.8 Å². The Kier molecular flexibility index (Phi) is 7.40. The van der Waals surface area contributed by atoms with Gasteiger partial charge in [0.1, 0.15) is 11.5 Å². The smallest absolute Gasteiger partial charge is 0.343 e. The number of nitrogens with zero attached hydrogens (tertiary/aromatic N) is 1. The predicted octanol–water partition coefficient (Wildman–Crippen LogP) is 4.71. The highest BCUT2D eigenvalue weighted by Crippen LogP contribution is 2.20. The van der Waals surface area contributed by atoms with Gasteiger partial charge in [-0.15, -0.1) is 0 Å². The average Bonchev–Trinajstić information content (AvgIpc) is 2.76. The summed E-state index contributed by atoms with van der Waals surface area (Å²) >= 11 is 5.81. The molecular weight excluding hydrogens is 416 g/mol. The van der Waals surface area contributed by atoms with Gasteiger partial charge in [-0.3, -0.25) is 4.79 Å². The van der Waals surface area contributed by atoms with Crippen molar-refractivity contribution in [2.75, 3.05) is 6.61 Å². The van der Waals surface area contributed by atoms with E-state index in [1.165, 1.54) is 6.21 Å². The molecule has 1 N–H and O–H groups in total. The number of esters is 1. The number of hydrogen-bond acceptors (Lipinski definition) is 5. The molecule has 31 heavy (non-hydrogen) atoms. The molecule has 0 heterocycles. The molecule has 0 aromatic heterocycles. The molecule has 3 aromatic carbocycles. The zero-order chi connectivity index (χ0) is 22.2. The number of carbonyl (C=O) groups excluding carboxylic acids is 2. The average molecular weight is 437 g/mol. The maximum absolute atomic E-state index is 12.1. The molecule has 0 aliphatic carbocycles. The summed E-state index contributed by atoms with van der Waals surface area (Å²) in [5.74, 6) is 0.214. The Labute approximate surface area is 185 Å². The third-order valence-corrected chi connectivity index (χ3v) is 4.74. The molecule has 0 saturated carbocycles. The lowest BCUT2D eigenvalue weighted by Gasteiger charge is -2.09. The lowest BCUT2D eigenvalue weighted by molar-refractivity contribution is -0.123. The minimum absolute atomic E-state index is 0.138. The van der Waals surface area contributed by atoms with E-state index in [2.05, 4.69) is 10.5 Å². The van der Waals surface area contributed by atoms with Crippen molar-refractivity contribution in [2.24, 2.45) is 5.10 Å². The summed E-state index contributed by atoms with van der Waals surface area (Å²) in [5, 5.41) is 4.46. The van der Waals surface area contributed by atoms with Gasteiger partial charge in [0.25, 0.3) is 5.91 Å². The summed E-state index contributed by atoms with van der Waals surface area (Å²) in [6, 6.07) is 18.8. The van der Waals surface area contributed by atoms with Crippen LogP contribution in [0, 0.1) is 13.8 Å². The van der Waals surface area contributed by atoms with Gasteiger partial charge in [0.2, 0.25) is 0 Å². The van der Waals surface area contributed by atoms with Crippen LogP contribution in [0.4, 0.5) is 0 Å². The molecule has 0 fully saturated rings. The van der Waals surface area contributed by atoms with Crippen molar-refractivity contribution in [1.29, 1.82) is 0 Å². The van der Waals surface area contributed by atoms with E-state index in [0.29, 0.717) is 22.1 Å². The molecule has 0 unspecified atom stereocenters. The summed E-state index contributed by atoms with van der Waals surface area (Å²) in [7, 11) is 0. The largest absolute Gasteiger partial charge is 0.483 e. The van der Waals surface area contributed by atoms with Gasteiger partial charge in [-0.2, -0.15) is 5.10 Å². The van der Waals surface area contributed by atoms with Crippen LogP contribution in [-0.4, -0.2) is 24.7 Å². The first-order valence-electron chi connectivity index (χ1n) is 9.51. The van der Waals surface area contributed by atoms with E-state index in [-0.39, 0.29) is 12.5 Å². The Morgan fingerprint density at radius 2 is 1.71 bits per heavy atom. The normalized spacial score (nSPS) is 10.7. The molecule has 0 atom stereocenters. The van der Waals surface area contributed by atoms with Crippen molar-refractivity contribution in [3.63, 3.8) is 0 Å². The van der Waals surface area contributed by atoms with Crippen LogP contribution in [0.5, 0.6) is 11.5 Å². The minimum Gasteiger partial charge on any atom is -0.483 e. The minimum atomic E-state index is -0.478. The predicted molar refractivity (Wildman–Crippen MR) is 120 cm³/mol. The fourth-order valence-electron chi connectivity index (χ4n) is 2.61. The number of rotatable bonds is 7. The first kappa shape index (κ1) is 22.1. The van der Waals surface area contributed by atoms with Crippen LogP contribution in [0.15, 0.2) is 71.8 Å². The van der Waals surface area contributed by atoms with Gasteiger partial charge in [0.15, 0.2) is 6.61 Å². The van der Waals surface area contributed by atoms with Crippen LogP contribution in [0.25, 0.3) is 0 Å². The number of aryl methyl sites for hydroxylation is 1.